The van der Waals surface area contributed by atoms with E-state index in [1.165, 1.54) is 6.92 Å². The number of carboxylic acids is 1. The summed E-state index contributed by atoms with van der Waals surface area (Å²) in [7, 11) is 0. The summed E-state index contributed by atoms with van der Waals surface area (Å²) in [5, 5.41) is 11.5. The van der Waals surface area contributed by atoms with E-state index >= 15 is 0 Å². The largest absolute Gasteiger partial charge is 0.481 e. The summed E-state index contributed by atoms with van der Waals surface area (Å²) >= 11 is 0. The maximum atomic E-state index is 10.8. The molecule has 0 aromatic heterocycles. The fourth-order valence-corrected chi connectivity index (χ4v) is 1.76. The van der Waals surface area contributed by atoms with E-state index in [1.54, 1.807) is 0 Å². The zero-order chi connectivity index (χ0) is 14.1. The minimum absolute atomic E-state index is 0.0714. The molecule has 0 bridgehead atoms. The molecular formula is C14H20N2O3. The highest BCUT2D eigenvalue weighted by molar-refractivity contribution is 5.72. The van der Waals surface area contributed by atoms with Crippen LogP contribution < -0.4 is 5.32 Å². The van der Waals surface area contributed by atoms with Gasteiger partial charge in [0.25, 0.3) is 0 Å². The fraction of sp³-hybridized carbons (Fsp3) is 0.429. The van der Waals surface area contributed by atoms with Gasteiger partial charge in [-0.1, -0.05) is 30.3 Å². The molecule has 1 aromatic carbocycles. The van der Waals surface area contributed by atoms with Gasteiger partial charge in [-0.05, 0) is 5.56 Å². The van der Waals surface area contributed by atoms with Gasteiger partial charge < -0.3 is 10.4 Å². The van der Waals surface area contributed by atoms with Crippen molar-refractivity contribution in [2.24, 2.45) is 0 Å². The molecule has 0 atom stereocenters. The van der Waals surface area contributed by atoms with Crippen LogP contribution in [0.3, 0.4) is 0 Å². The lowest BCUT2D eigenvalue weighted by Crippen LogP contribution is -2.34. The SMILES string of the molecule is CC(=O)NCCN(CCC(=O)O)Cc1ccccc1. The minimum Gasteiger partial charge on any atom is -0.481 e. The summed E-state index contributed by atoms with van der Waals surface area (Å²) < 4.78 is 0. The zero-order valence-corrected chi connectivity index (χ0v) is 11.1. The predicted octanol–water partition coefficient (Wildman–Crippen LogP) is 1.10. The average molecular weight is 264 g/mol. The first-order valence-corrected chi connectivity index (χ1v) is 6.30. The summed E-state index contributed by atoms with van der Waals surface area (Å²) in [6.45, 7) is 3.81. The van der Waals surface area contributed by atoms with Crippen molar-refractivity contribution in [3.05, 3.63) is 35.9 Å². The number of rotatable bonds is 8. The molecule has 1 amide bonds. The molecule has 2 N–H and O–H groups in total. The number of hydrogen-bond donors (Lipinski definition) is 2. The van der Waals surface area contributed by atoms with E-state index in [0.717, 1.165) is 5.56 Å². The van der Waals surface area contributed by atoms with Crippen LogP contribution in [0.2, 0.25) is 0 Å². The predicted molar refractivity (Wildman–Crippen MR) is 72.7 cm³/mol. The van der Waals surface area contributed by atoms with Crippen LogP contribution in [0.4, 0.5) is 0 Å². The lowest BCUT2D eigenvalue weighted by Gasteiger charge is -2.21. The standard InChI is InChI=1S/C14H20N2O3/c1-12(17)15-8-10-16(9-7-14(18)19)11-13-5-3-2-4-6-13/h2-6H,7-11H2,1H3,(H,15,17)(H,18,19). The lowest BCUT2D eigenvalue weighted by atomic mass is 10.2. The topological polar surface area (TPSA) is 69.6 Å². The van der Waals surface area contributed by atoms with Gasteiger partial charge in [0.1, 0.15) is 0 Å². The quantitative estimate of drug-likeness (QED) is 0.737. The molecule has 1 aromatic rings. The van der Waals surface area contributed by atoms with Crippen molar-refractivity contribution in [1.82, 2.24) is 10.2 Å². The van der Waals surface area contributed by atoms with Gasteiger partial charge in [0.2, 0.25) is 5.91 Å². The van der Waals surface area contributed by atoms with E-state index in [2.05, 4.69) is 5.32 Å². The molecule has 5 heteroatoms. The Morgan fingerprint density at radius 2 is 1.89 bits per heavy atom. The zero-order valence-electron chi connectivity index (χ0n) is 11.1. The smallest absolute Gasteiger partial charge is 0.304 e. The molecule has 0 spiro atoms. The Kier molecular flexibility index (Phi) is 6.60. The average Bonchev–Trinajstić information content (AvgIpc) is 2.36. The molecule has 0 unspecified atom stereocenters. The number of carbonyl (C=O) groups is 2. The van der Waals surface area contributed by atoms with Crippen LogP contribution in [0, 0.1) is 0 Å². The second-order valence-corrected chi connectivity index (χ2v) is 4.39. The van der Waals surface area contributed by atoms with Crippen molar-refractivity contribution < 1.29 is 14.7 Å². The van der Waals surface area contributed by atoms with Gasteiger partial charge in [0, 0.05) is 33.1 Å². The van der Waals surface area contributed by atoms with Crippen molar-refractivity contribution in [2.75, 3.05) is 19.6 Å². The van der Waals surface area contributed by atoms with Crippen molar-refractivity contribution in [3.8, 4) is 0 Å². The molecule has 104 valence electrons. The molecule has 0 saturated carbocycles. The molecule has 0 aliphatic heterocycles. The summed E-state index contributed by atoms with van der Waals surface area (Å²) in [5.41, 5.74) is 1.13. The Bertz CT molecular complexity index is 406. The molecular weight excluding hydrogens is 244 g/mol. The van der Waals surface area contributed by atoms with Gasteiger partial charge in [0.15, 0.2) is 0 Å². The van der Waals surface area contributed by atoms with E-state index < -0.39 is 5.97 Å². The monoisotopic (exact) mass is 264 g/mol. The molecule has 1 rings (SSSR count). The molecule has 0 saturated heterocycles. The molecule has 0 radical (unpaired) electrons. The van der Waals surface area contributed by atoms with Gasteiger partial charge >= 0.3 is 5.97 Å². The maximum Gasteiger partial charge on any atom is 0.304 e. The first-order valence-electron chi connectivity index (χ1n) is 6.30. The van der Waals surface area contributed by atoms with E-state index in [4.69, 9.17) is 5.11 Å². The number of nitrogens with one attached hydrogen (secondary N) is 1. The number of hydrogen-bond acceptors (Lipinski definition) is 3. The Balaban J connectivity index is 2.48. The number of benzene rings is 1. The van der Waals surface area contributed by atoms with Crippen LogP contribution in [-0.4, -0.2) is 41.5 Å². The van der Waals surface area contributed by atoms with Gasteiger partial charge in [-0.15, -0.1) is 0 Å². The molecule has 19 heavy (non-hydrogen) atoms. The number of carbonyl (C=O) groups excluding carboxylic acids is 1. The first kappa shape index (κ1) is 15.2. The van der Waals surface area contributed by atoms with E-state index in [0.29, 0.717) is 26.2 Å². The summed E-state index contributed by atoms with van der Waals surface area (Å²) in [4.78, 5) is 23.5. The van der Waals surface area contributed by atoms with Gasteiger partial charge in [-0.3, -0.25) is 14.5 Å². The third-order valence-corrected chi connectivity index (χ3v) is 2.69. The number of aliphatic carboxylic acids is 1. The van der Waals surface area contributed by atoms with Crippen LogP contribution in [-0.2, 0) is 16.1 Å². The number of amides is 1. The molecule has 0 fully saturated rings. The van der Waals surface area contributed by atoms with Crippen molar-refractivity contribution in [3.63, 3.8) is 0 Å². The highest BCUT2D eigenvalue weighted by Crippen LogP contribution is 2.04. The van der Waals surface area contributed by atoms with Crippen molar-refractivity contribution in [1.29, 1.82) is 0 Å². The Labute approximate surface area is 113 Å². The minimum atomic E-state index is -0.808. The first-order chi connectivity index (χ1) is 9.08. The third-order valence-electron chi connectivity index (χ3n) is 2.69. The van der Waals surface area contributed by atoms with Crippen LogP contribution >= 0.6 is 0 Å². The summed E-state index contributed by atoms with van der Waals surface area (Å²) in [6.07, 6.45) is 0.104. The Morgan fingerprint density at radius 1 is 1.21 bits per heavy atom. The Hall–Kier alpha value is -1.88. The highest BCUT2D eigenvalue weighted by Gasteiger charge is 2.08. The maximum absolute atomic E-state index is 10.8. The van der Waals surface area contributed by atoms with Crippen molar-refractivity contribution >= 4 is 11.9 Å². The van der Waals surface area contributed by atoms with Crippen LogP contribution in [0.1, 0.15) is 18.9 Å². The van der Waals surface area contributed by atoms with Crippen LogP contribution in [0.5, 0.6) is 0 Å². The Morgan fingerprint density at radius 3 is 2.47 bits per heavy atom. The number of carboxylic acid groups (broad SMARTS) is 1. The van der Waals surface area contributed by atoms with Crippen LogP contribution in [0.15, 0.2) is 30.3 Å². The van der Waals surface area contributed by atoms with E-state index in [9.17, 15) is 9.59 Å². The lowest BCUT2D eigenvalue weighted by molar-refractivity contribution is -0.137. The third kappa shape index (κ3) is 7.21. The second-order valence-electron chi connectivity index (χ2n) is 4.39. The van der Waals surface area contributed by atoms with Crippen molar-refractivity contribution in [2.45, 2.75) is 19.9 Å². The number of nitrogens with zero attached hydrogens (tertiary/aromatic N) is 1. The summed E-state index contributed by atoms with van der Waals surface area (Å²) in [6, 6.07) is 9.87. The molecule has 0 aliphatic rings. The normalized spacial score (nSPS) is 10.4. The van der Waals surface area contributed by atoms with E-state index in [1.807, 2.05) is 35.2 Å². The summed E-state index contributed by atoms with van der Waals surface area (Å²) in [5.74, 6) is -0.879. The molecule has 5 nitrogen and oxygen atoms in total. The molecule has 0 aliphatic carbocycles. The van der Waals surface area contributed by atoms with Gasteiger partial charge in [-0.25, -0.2) is 0 Å². The van der Waals surface area contributed by atoms with Gasteiger partial charge in [-0.2, -0.15) is 0 Å². The fourth-order valence-electron chi connectivity index (χ4n) is 1.76. The second kappa shape index (κ2) is 8.26. The molecule has 0 heterocycles. The van der Waals surface area contributed by atoms with Gasteiger partial charge in [0.05, 0.1) is 6.42 Å². The highest BCUT2D eigenvalue weighted by atomic mass is 16.4. The van der Waals surface area contributed by atoms with E-state index in [-0.39, 0.29) is 12.3 Å². The van der Waals surface area contributed by atoms with Crippen LogP contribution in [0.25, 0.3) is 0 Å².